The van der Waals surface area contributed by atoms with Crippen molar-refractivity contribution < 1.29 is 23.7 Å². The molecule has 0 amide bonds. The number of aromatic nitrogens is 4. The lowest BCUT2D eigenvalue weighted by Gasteiger charge is -2.16. The molecule has 0 fully saturated rings. The highest BCUT2D eigenvalue weighted by Gasteiger charge is 2.21. The highest BCUT2D eigenvalue weighted by Crippen LogP contribution is 2.37. The Morgan fingerprint density at radius 3 is 2.18 bits per heavy atom. The maximum atomic E-state index is 13.2. The second-order valence-corrected chi connectivity index (χ2v) is 15.0. The molecular formula is C45H58N4O5S. The number of rotatable bonds is 23. The van der Waals surface area contributed by atoms with Crippen LogP contribution in [0.25, 0.3) is 28.6 Å². The molecule has 1 aliphatic heterocycles. The van der Waals surface area contributed by atoms with Crippen molar-refractivity contribution in [2.24, 2.45) is 0 Å². The molecule has 5 rings (SSSR count). The number of unbranched alkanes of at least 4 members (excludes halogenated alkanes) is 13. The predicted molar refractivity (Wildman–Crippen MR) is 223 cm³/mol. The van der Waals surface area contributed by atoms with E-state index in [2.05, 4.69) is 23.2 Å². The van der Waals surface area contributed by atoms with Gasteiger partial charge in [0.05, 0.1) is 26.9 Å². The van der Waals surface area contributed by atoms with E-state index in [1.807, 2.05) is 67.0 Å². The Kier molecular flexibility index (Phi) is 16.9. The van der Waals surface area contributed by atoms with Gasteiger partial charge in [-0.2, -0.15) is 9.61 Å². The van der Waals surface area contributed by atoms with Crippen molar-refractivity contribution in [1.29, 1.82) is 0 Å². The molecule has 55 heavy (non-hydrogen) atoms. The number of fused-ring (bicyclic) bond motifs is 2. The van der Waals surface area contributed by atoms with E-state index in [-0.39, 0.29) is 0 Å². The van der Waals surface area contributed by atoms with Gasteiger partial charge in [-0.25, -0.2) is 4.79 Å². The molecule has 2 aromatic carbocycles. The molecule has 0 N–H and O–H groups in total. The zero-order valence-corrected chi connectivity index (χ0v) is 34.2. The number of esters is 1. The summed E-state index contributed by atoms with van der Waals surface area (Å²) in [5.74, 6) is 1.48. The molecule has 0 radical (unpaired) electrons. The molecule has 0 saturated heterocycles. The van der Waals surface area contributed by atoms with Crippen LogP contribution < -0.4 is 14.7 Å². The van der Waals surface area contributed by atoms with E-state index in [1.54, 1.807) is 30.5 Å². The third-order valence-corrected chi connectivity index (χ3v) is 10.9. The summed E-state index contributed by atoms with van der Waals surface area (Å²) in [5.41, 5.74) is 5.07. The maximum Gasteiger partial charge on any atom is 0.338 e. The smallest absolute Gasteiger partial charge is 0.338 e. The lowest BCUT2D eigenvalue weighted by atomic mass is 9.97. The summed E-state index contributed by atoms with van der Waals surface area (Å²) < 4.78 is 24.4. The molecule has 4 aromatic rings. The second-order valence-electron chi connectivity index (χ2n) is 14.1. The quantitative estimate of drug-likeness (QED) is 0.0415. The minimum atomic E-state index is -0.419. The van der Waals surface area contributed by atoms with E-state index < -0.39 is 5.97 Å². The van der Waals surface area contributed by atoms with Crippen LogP contribution in [0.3, 0.4) is 0 Å². The van der Waals surface area contributed by atoms with Gasteiger partial charge in [-0.15, -0.1) is 10.2 Å². The SMILES string of the molecule is CCCCCCCCCCCCCCCCOCc1nnc2\c(=C/C(C)=C/C(C(=O)OC)=C3\C=CSc4ccccc43)c(-c3ccc(OC)cc3OC)nn12. The number of methoxy groups -OCH3 is 3. The molecule has 3 heterocycles. The summed E-state index contributed by atoms with van der Waals surface area (Å²) in [6, 6.07) is 13.7. The summed E-state index contributed by atoms with van der Waals surface area (Å²) >= 11 is 1.62. The topological polar surface area (TPSA) is 97.1 Å². The van der Waals surface area contributed by atoms with E-state index in [1.165, 1.54) is 84.2 Å². The molecule has 10 heteroatoms. The van der Waals surface area contributed by atoms with Gasteiger partial charge >= 0.3 is 5.97 Å². The number of allylic oxidation sites excluding steroid dienone is 3. The van der Waals surface area contributed by atoms with Crippen LogP contribution >= 0.6 is 11.8 Å². The van der Waals surface area contributed by atoms with E-state index in [4.69, 9.17) is 24.0 Å². The number of nitrogens with zero attached hydrogens (tertiary/aromatic N) is 4. The normalized spacial score (nSPS) is 14.1. The van der Waals surface area contributed by atoms with Gasteiger partial charge in [0.2, 0.25) is 0 Å². The fraction of sp³-hybridized carbons (Fsp3) is 0.467. The summed E-state index contributed by atoms with van der Waals surface area (Å²) in [7, 11) is 4.65. The van der Waals surface area contributed by atoms with E-state index in [0.717, 1.165) is 45.2 Å². The van der Waals surface area contributed by atoms with Crippen molar-refractivity contribution in [2.75, 3.05) is 27.9 Å². The number of carbonyl (C=O) groups excluding carboxylic acids is 1. The first-order chi connectivity index (χ1) is 27.0. The first kappa shape index (κ1) is 41.7. The Morgan fingerprint density at radius 1 is 0.818 bits per heavy atom. The Hall–Kier alpha value is -4.41. The Morgan fingerprint density at radius 2 is 1.51 bits per heavy atom. The van der Waals surface area contributed by atoms with Gasteiger partial charge in [0, 0.05) is 28.4 Å². The van der Waals surface area contributed by atoms with Gasteiger partial charge in [0.1, 0.15) is 23.8 Å². The number of hydrogen-bond acceptors (Lipinski definition) is 9. The first-order valence-corrected chi connectivity index (χ1v) is 20.9. The molecule has 0 atom stereocenters. The van der Waals surface area contributed by atoms with Crippen LogP contribution in [0.2, 0.25) is 0 Å². The van der Waals surface area contributed by atoms with Crippen molar-refractivity contribution >= 4 is 35.0 Å². The number of carbonyl (C=O) groups is 1. The van der Waals surface area contributed by atoms with Gasteiger partial charge in [0.15, 0.2) is 11.5 Å². The third-order valence-electron chi connectivity index (χ3n) is 9.98. The Balaban J connectivity index is 1.29. The average Bonchev–Trinajstić information content (AvgIpc) is 3.78. The molecule has 2 aromatic heterocycles. The second kappa shape index (κ2) is 22.2. The number of ether oxygens (including phenoxy) is 4. The van der Waals surface area contributed by atoms with E-state index in [0.29, 0.717) is 47.5 Å². The highest BCUT2D eigenvalue weighted by atomic mass is 32.2. The lowest BCUT2D eigenvalue weighted by Crippen LogP contribution is -2.08. The van der Waals surface area contributed by atoms with Gasteiger partial charge in [0.25, 0.3) is 0 Å². The van der Waals surface area contributed by atoms with Crippen LogP contribution in [0.4, 0.5) is 0 Å². The van der Waals surface area contributed by atoms with Crippen molar-refractivity contribution in [1.82, 2.24) is 19.8 Å². The fourth-order valence-corrected chi connectivity index (χ4v) is 7.78. The van der Waals surface area contributed by atoms with Crippen LogP contribution in [-0.2, 0) is 20.9 Å². The summed E-state index contributed by atoms with van der Waals surface area (Å²) in [6.07, 6.45) is 24.3. The highest BCUT2D eigenvalue weighted by molar-refractivity contribution is 8.02. The van der Waals surface area contributed by atoms with Crippen LogP contribution in [-0.4, -0.2) is 53.7 Å². The van der Waals surface area contributed by atoms with Crippen molar-refractivity contribution in [2.45, 2.75) is 115 Å². The molecule has 0 spiro atoms. The maximum absolute atomic E-state index is 13.2. The summed E-state index contributed by atoms with van der Waals surface area (Å²) in [4.78, 5) is 14.3. The number of thioether (sulfide) groups is 1. The Bertz CT molecular complexity index is 2000. The molecule has 0 saturated carbocycles. The van der Waals surface area contributed by atoms with Crippen molar-refractivity contribution in [3.05, 3.63) is 87.8 Å². The molecule has 0 aliphatic carbocycles. The number of hydrogen-bond donors (Lipinski definition) is 0. The van der Waals surface area contributed by atoms with Crippen LogP contribution in [0.1, 0.15) is 115 Å². The third kappa shape index (κ3) is 11.6. The molecule has 294 valence electrons. The molecule has 0 unspecified atom stereocenters. The van der Waals surface area contributed by atoms with Crippen molar-refractivity contribution in [3.8, 4) is 22.8 Å². The van der Waals surface area contributed by atoms with Crippen LogP contribution in [0, 0.1) is 0 Å². The van der Waals surface area contributed by atoms with Gasteiger partial charge in [-0.1, -0.05) is 120 Å². The largest absolute Gasteiger partial charge is 0.497 e. The Labute approximate surface area is 331 Å². The fourth-order valence-electron chi connectivity index (χ4n) is 6.97. The standard InChI is InChI=1S/C45H58N4O5S/c1-6-7-8-9-10-11-12-13-14-15-16-17-18-21-27-54-32-42-46-47-44-39(43(48-49(42)44)37-25-24-34(51-3)31-40(37)52-4)30-33(2)29-38(45(50)53-5)35-26-28-55-41-23-20-19-22-36(35)41/h19-20,22-26,28-31H,6-18,21,27,32H2,1-5H3/b33-29+,38-35-,39-30-. The average molecular weight is 767 g/mol. The molecule has 9 nitrogen and oxygen atoms in total. The van der Waals surface area contributed by atoms with Gasteiger partial charge in [-0.3, -0.25) is 0 Å². The lowest BCUT2D eigenvalue weighted by molar-refractivity contribution is -0.135. The van der Waals surface area contributed by atoms with Gasteiger partial charge < -0.3 is 18.9 Å². The molecule has 1 aliphatic rings. The van der Waals surface area contributed by atoms with Crippen LogP contribution in [0.15, 0.2) is 76.1 Å². The number of benzene rings is 2. The van der Waals surface area contributed by atoms with Gasteiger partial charge in [-0.05, 0) is 71.9 Å². The van der Waals surface area contributed by atoms with E-state index >= 15 is 0 Å². The van der Waals surface area contributed by atoms with Crippen molar-refractivity contribution in [3.63, 3.8) is 0 Å². The monoisotopic (exact) mass is 766 g/mol. The minimum absolute atomic E-state index is 0.298. The predicted octanol–water partition coefficient (Wildman–Crippen LogP) is 10.5. The minimum Gasteiger partial charge on any atom is -0.497 e. The van der Waals surface area contributed by atoms with E-state index in [9.17, 15) is 4.79 Å². The summed E-state index contributed by atoms with van der Waals surface area (Å²) in [6.45, 7) is 5.19. The zero-order valence-electron chi connectivity index (χ0n) is 33.4. The molecular weight excluding hydrogens is 709 g/mol. The summed E-state index contributed by atoms with van der Waals surface area (Å²) in [5, 5.41) is 16.8. The zero-order chi connectivity index (χ0) is 38.8. The van der Waals surface area contributed by atoms with Crippen LogP contribution in [0.5, 0.6) is 11.5 Å². The molecule has 0 bridgehead atoms. The first-order valence-electron chi connectivity index (χ1n) is 20.0.